The summed E-state index contributed by atoms with van der Waals surface area (Å²) >= 11 is 0. The Labute approximate surface area is 97.0 Å². The minimum Gasteiger partial charge on any atom is -0.399 e. The Morgan fingerprint density at radius 1 is 1.12 bits per heavy atom. The Balaban J connectivity index is 2.41. The highest BCUT2D eigenvalue weighted by Crippen LogP contribution is 2.28. The maximum absolute atomic E-state index is 5.84. The van der Waals surface area contributed by atoms with Gasteiger partial charge in [-0.3, -0.25) is 0 Å². The molecule has 0 amide bonds. The summed E-state index contributed by atoms with van der Waals surface area (Å²) in [7, 11) is 0. The first-order valence-electron chi connectivity index (χ1n) is 5.59. The van der Waals surface area contributed by atoms with Gasteiger partial charge in [0.05, 0.1) is 0 Å². The number of rotatable bonds is 1. The summed E-state index contributed by atoms with van der Waals surface area (Å²) in [4.78, 5) is 0. The second kappa shape index (κ2) is 4.40. The van der Waals surface area contributed by atoms with E-state index in [1.807, 2.05) is 18.2 Å². The highest BCUT2D eigenvalue weighted by atomic mass is 14.6. The molecule has 16 heavy (non-hydrogen) atoms. The van der Waals surface area contributed by atoms with Crippen LogP contribution in [0.1, 0.15) is 18.9 Å². The zero-order valence-electron chi connectivity index (χ0n) is 9.56. The lowest BCUT2D eigenvalue weighted by molar-refractivity contribution is 0.752. The van der Waals surface area contributed by atoms with Gasteiger partial charge in [0.1, 0.15) is 0 Å². The van der Waals surface area contributed by atoms with Crippen molar-refractivity contribution < 1.29 is 0 Å². The quantitative estimate of drug-likeness (QED) is 0.709. The van der Waals surface area contributed by atoms with E-state index in [0.717, 1.165) is 12.1 Å². The summed E-state index contributed by atoms with van der Waals surface area (Å²) in [6.07, 6.45) is 11.5. The zero-order chi connectivity index (χ0) is 11.4. The molecule has 0 aliphatic heterocycles. The molecule has 1 atom stereocenters. The molecule has 0 saturated heterocycles. The van der Waals surface area contributed by atoms with E-state index < -0.39 is 0 Å². The average molecular weight is 211 g/mol. The van der Waals surface area contributed by atoms with Crippen LogP contribution in [0.25, 0.3) is 0 Å². The second-order valence-electron chi connectivity index (χ2n) is 4.32. The van der Waals surface area contributed by atoms with E-state index in [9.17, 15) is 0 Å². The molecule has 0 radical (unpaired) electrons. The van der Waals surface area contributed by atoms with Crippen LogP contribution in [-0.4, -0.2) is 0 Å². The van der Waals surface area contributed by atoms with Crippen LogP contribution in [0, 0.1) is 0 Å². The van der Waals surface area contributed by atoms with E-state index in [1.165, 1.54) is 5.56 Å². The first kappa shape index (κ1) is 10.7. The molecule has 1 unspecified atom stereocenters. The Hall–Kier alpha value is -1.76. The van der Waals surface area contributed by atoms with Crippen LogP contribution in [0.3, 0.4) is 0 Å². The fraction of sp³-hybridized carbons (Fsp3) is 0.200. The van der Waals surface area contributed by atoms with Crippen LogP contribution < -0.4 is 5.73 Å². The molecule has 0 heterocycles. The van der Waals surface area contributed by atoms with Crippen LogP contribution in [-0.2, 0) is 5.41 Å². The molecule has 0 bridgehead atoms. The summed E-state index contributed by atoms with van der Waals surface area (Å²) in [6, 6.07) is 10.5. The molecule has 1 aliphatic rings. The SMILES string of the molecule is CC1(c2ccccc2)C=C/C(N)=C\C/C=C\1. The van der Waals surface area contributed by atoms with Crippen molar-refractivity contribution >= 4 is 0 Å². The highest BCUT2D eigenvalue weighted by molar-refractivity contribution is 5.38. The van der Waals surface area contributed by atoms with Crippen molar-refractivity contribution in [2.45, 2.75) is 18.8 Å². The van der Waals surface area contributed by atoms with Gasteiger partial charge < -0.3 is 5.73 Å². The van der Waals surface area contributed by atoms with E-state index in [4.69, 9.17) is 5.73 Å². The van der Waals surface area contributed by atoms with E-state index in [-0.39, 0.29) is 5.41 Å². The Bertz CT molecular complexity index is 440. The van der Waals surface area contributed by atoms with Gasteiger partial charge in [-0.1, -0.05) is 54.6 Å². The van der Waals surface area contributed by atoms with Gasteiger partial charge in [-0.25, -0.2) is 0 Å². The lowest BCUT2D eigenvalue weighted by Gasteiger charge is -2.23. The topological polar surface area (TPSA) is 26.0 Å². The van der Waals surface area contributed by atoms with Crippen molar-refractivity contribution in [1.29, 1.82) is 0 Å². The molecule has 82 valence electrons. The largest absolute Gasteiger partial charge is 0.399 e. The van der Waals surface area contributed by atoms with Gasteiger partial charge in [0, 0.05) is 11.1 Å². The maximum Gasteiger partial charge on any atom is 0.0287 e. The van der Waals surface area contributed by atoms with Gasteiger partial charge in [-0.15, -0.1) is 0 Å². The lowest BCUT2D eigenvalue weighted by atomic mass is 9.81. The Morgan fingerprint density at radius 2 is 1.88 bits per heavy atom. The number of hydrogen-bond donors (Lipinski definition) is 1. The van der Waals surface area contributed by atoms with Crippen LogP contribution in [0.4, 0.5) is 0 Å². The van der Waals surface area contributed by atoms with Gasteiger partial charge in [0.2, 0.25) is 0 Å². The Morgan fingerprint density at radius 3 is 2.62 bits per heavy atom. The molecule has 0 spiro atoms. The lowest BCUT2D eigenvalue weighted by Crippen LogP contribution is -2.16. The minimum absolute atomic E-state index is 0.0554. The second-order valence-corrected chi connectivity index (χ2v) is 4.32. The van der Waals surface area contributed by atoms with Gasteiger partial charge in [0.15, 0.2) is 0 Å². The van der Waals surface area contributed by atoms with Gasteiger partial charge >= 0.3 is 0 Å². The van der Waals surface area contributed by atoms with Gasteiger partial charge in [0.25, 0.3) is 0 Å². The van der Waals surface area contributed by atoms with Crippen LogP contribution in [0.5, 0.6) is 0 Å². The molecule has 0 fully saturated rings. The fourth-order valence-corrected chi connectivity index (χ4v) is 1.90. The monoisotopic (exact) mass is 211 g/mol. The predicted molar refractivity (Wildman–Crippen MR) is 69.0 cm³/mol. The van der Waals surface area contributed by atoms with E-state index >= 15 is 0 Å². The first-order valence-corrected chi connectivity index (χ1v) is 5.59. The number of nitrogens with two attached hydrogens (primary N) is 1. The van der Waals surface area contributed by atoms with Crippen molar-refractivity contribution in [1.82, 2.24) is 0 Å². The molecular weight excluding hydrogens is 194 g/mol. The van der Waals surface area contributed by atoms with E-state index in [0.29, 0.717) is 0 Å². The maximum atomic E-state index is 5.84. The van der Waals surface area contributed by atoms with Crippen molar-refractivity contribution in [2.75, 3.05) is 0 Å². The smallest absolute Gasteiger partial charge is 0.0287 e. The van der Waals surface area contributed by atoms with Crippen molar-refractivity contribution in [3.8, 4) is 0 Å². The third-order valence-corrected chi connectivity index (χ3v) is 2.97. The molecular formula is C15H17N. The molecule has 2 N–H and O–H groups in total. The summed E-state index contributed by atoms with van der Waals surface area (Å²) in [5, 5.41) is 0. The highest BCUT2D eigenvalue weighted by Gasteiger charge is 2.19. The third-order valence-electron chi connectivity index (χ3n) is 2.97. The van der Waals surface area contributed by atoms with Gasteiger partial charge in [-0.2, -0.15) is 0 Å². The summed E-state index contributed by atoms with van der Waals surface area (Å²) in [5.74, 6) is 0. The van der Waals surface area contributed by atoms with E-state index in [2.05, 4.69) is 49.4 Å². The van der Waals surface area contributed by atoms with Gasteiger partial charge in [-0.05, 0) is 25.0 Å². The minimum atomic E-state index is -0.0554. The van der Waals surface area contributed by atoms with E-state index in [1.54, 1.807) is 0 Å². The summed E-state index contributed by atoms with van der Waals surface area (Å²) in [5.41, 5.74) is 7.92. The molecule has 0 aromatic heterocycles. The number of allylic oxidation sites excluding steroid dienone is 5. The van der Waals surface area contributed by atoms with Crippen molar-refractivity contribution in [3.05, 3.63) is 72.0 Å². The summed E-state index contributed by atoms with van der Waals surface area (Å²) in [6.45, 7) is 2.20. The standard InChI is InChI=1S/C15H17N/c1-15(13-7-3-2-4-8-13)11-6-5-9-14(16)10-12-15/h2-4,6-12H,5,16H2,1H3/b11-6-,12-10?,14-9+. The Kier molecular flexibility index (Phi) is 2.95. The molecule has 1 nitrogen and oxygen atoms in total. The summed E-state index contributed by atoms with van der Waals surface area (Å²) < 4.78 is 0. The third kappa shape index (κ3) is 2.25. The van der Waals surface area contributed by atoms with Crippen molar-refractivity contribution in [3.63, 3.8) is 0 Å². The fourth-order valence-electron chi connectivity index (χ4n) is 1.90. The zero-order valence-corrected chi connectivity index (χ0v) is 9.56. The van der Waals surface area contributed by atoms with Crippen LogP contribution in [0.15, 0.2) is 66.4 Å². The van der Waals surface area contributed by atoms with Crippen LogP contribution >= 0.6 is 0 Å². The molecule has 0 saturated carbocycles. The average Bonchev–Trinajstić information content (AvgIpc) is 2.31. The normalized spacial score (nSPS) is 29.9. The van der Waals surface area contributed by atoms with Crippen LogP contribution in [0.2, 0.25) is 0 Å². The molecule has 1 heteroatoms. The molecule has 1 aliphatic carbocycles. The molecule has 2 rings (SSSR count). The van der Waals surface area contributed by atoms with Crippen molar-refractivity contribution in [2.24, 2.45) is 5.73 Å². The number of benzene rings is 1. The molecule has 1 aromatic carbocycles. The first-order chi connectivity index (χ1) is 7.71. The predicted octanol–water partition coefficient (Wildman–Crippen LogP) is 3.30. The molecule has 1 aromatic rings. The number of hydrogen-bond acceptors (Lipinski definition) is 1.